The highest BCUT2D eigenvalue weighted by Crippen LogP contribution is 2.56. The molecule has 0 amide bonds. The van der Waals surface area contributed by atoms with E-state index in [-0.39, 0.29) is 11.4 Å². The molecule has 26 heavy (non-hydrogen) atoms. The van der Waals surface area contributed by atoms with Gasteiger partial charge in [0, 0.05) is 5.41 Å². The van der Waals surface area contributed by atoms with Crippen molar-refractivity contribution in [3.8, 4) is 0 Å². The first kappa shape index (κ1) is 18.2. The minimum atomic E-state index is -0.372. The van der Waals surface area contributed by atoms with E-state index in [0.717, 1.165) is 5.56 Å². The third-order valence-electron chi connectivity index (χ3n) is 5.50. The van der Waals surface area contributed by atoms with Crippen molar-refractivity contribution in [3.05, 3.63) is 82.9 Å². The molecule has 0 N–H and O–H groups in total. The van der Waals surface area contributed by atoms with Crippen LogP contribution in [0.5, 0.6) is 0 Å². The SMILES string of the molecule is CCOC(=O)CC1(C)C(C)=C(C)C(c2ccccc2)=C1c1ccccc1. The molecule has 3 rings (SSSR count). The van der Waals surface area contributed by atoms with E-state index in [1.807, 2.05) is 19.1 Å². The van der Waals surface area contributed by atoms with Crippen LogP contribution in [0, 0.1) is 5.41 Å². The van der Waals surface area contributed by atoms with Gasteiger partial charge in [0.2, 0.25) is 0 Å². The summed E-state index contributed by atoms with van der Waals surface area (Å²) in [6.45, 7) is 8.74. The molecule has 1 atom stereocenters. The Labute approximate surface area is 156 Å². The second-order valence-corrected chi connectivity index (χ2v) is 7.05. The number of hydrogen-bond donors (Lipinski definition) is 0. The summed E-state index contributed by atoms with van der Waals surface area (Å²) >= 11 is 0. The van der Waals surface area contributed by atoms with E-state index in [1.54, 1.807) is 0 Å². The van der Waals surface area contributed by atoms with Crippen LogP contribution in [-0.4, -0.2) is 12.6 Å². The van der Waals surface area contributed by atoms with Gasteiger partial charge in [0.15, 0.2) is 0 Å². The number of rotatable bonds is 5. The molecule has 2 aromatic carbocycles. The number of hydrogen-bond acceptors (Lipinski definition) is 2. The molecule has 1 unspecified atom stereocenters. The molecule has 2 aromatic rings. The molecule has 0 bridgehead atoms. The van der Waals surface area contributed by atoms with Gasteiger partial charge in [-0.2, -0.15) is 0 Å². The Balaban J connectivity index is 2.23. The third kappa shape index (κ3) is 3.12. The van der Waals surface area contributed by atoms with Gasteiger partial charge in [0.25, 0.3) is 0 Å². The molecule has 0 saturated carbocycles. The maximum absolute atomic E-state index is 12.4. The summed E-state index contributed by atoms with van der Waals surface area (Å²) in [7, 11) is 0. The minimum absolute atomic E-state index is 0.148. The predicted molar refractivity (Wildman–Crippen MR) is 107 cm³/mol. The average molecular weight is 346 g/mol. The molecule has 0 saturated heterocycles. The molecule has 0 fully saturated rings. The maximum atomic E-state index is 12.4. The minimum Gasteiger partial charge on any atom is -0.466 e. The van der Waals surface area contributed by atoms with Crippen LogP contribution >= 0.6 is 0 Å². The summed E-state index contributed by atoms with van der Waals surface area (Å²) < 4.78 is 5.29. The standard InChI is InChI=1S/C24H26O2/c1-5-26-21(25)16-24(4)18(3)17(2)22(19-12-8-6-9-13-19)23(24)20-14-10-7-11-15-20/h6-15H,5,16H2,1-4H3. The van der Waals surface area contributed by atoms with Gasteiger partial charge in [-0.15, -0.1) is 0 Å². The van der Waals surface area contributed by atoms with Crippen molar-refractivity contribution in [1.29, 1.82) is 0 Å². The van der Waals surface area contributed by atoms with Crippen molar-refractivity contribution in [2.75, 3.05) is 6.61 Å². The van der Waals surface area contributed by atoms with Crippen LogP contribution in [0.2, 0.25) is 0 Å². The summed E-state index contributed by atoms with van der Waals surface area (Å²) in [5.41, 5.74) is 6.92. The van der Waals surface area contributed by atoms with E-state index in [0.29, 0.717) is 13.0 Å². The van der Waals surface area contributed by atoms with E-state index >= 15 is 0 Å². The number of carbonyl (C=O) groups excluding carboxylic acids is 1. The molecule has 0 aromatic heterocycles. The molecular weight excluding hydrogens is 320 g/mol. The van der Waals surface area contributed by atoms with Gasteiger partial charge in [-0.25, -0.2) is 0 Å². The lowest BCUT2D eigenvalue weighted by Crippen LogP contribution is -2.24. The summed E-state index contributed by atoms with van der Waals surface area (Å²) in [6, 6.07) is 20.8. The monoisotopic (exact) mass is 346 g/mol. The molecule has 0 aliphatic heterocycles. The first-order chi connectivity index (χ1) is 12.5. The van der Waals surface area contributed by atoms with E-state index in [4.69, 9.17) is 4.74 Å². The van der Waals surface area contributed by atoms with Gasteiger partial charge >= 0.3 is 5.97 Å². The number of carbonyl (C=O) groups is 1. The van der Waals surface area contributed by atoms with Crippen molar-refractivity contribution >= 4 is 17.1 Å². The first-order valence-electron chi connectivity index (χ1n) is 9.18. The summed E-state index contributed by atoms with van der Waals surface area (Å²) in [4.78, 5) is 12.4. The fourth-order valence-corrected chi connectivity index (χ4v) is 4.01. The molecule has 2 heteroatoms. The topological polar surface area (TPSA) is 26.3 Å². The Bertz CT molecular complexity index is 860. The van der Waals surface area contributed by atoms with E-state index in [2.05, 4.69) is 69.3 Å². The summed E-state index contributed by atoms with van der Waals surface area (Å²) in [5.74, 6) is -0.148. The van der Waals surface area contributed by atoms with Gasteiger partial charge in [-0.05, 0) is 48.6 Å². The van der Waals surface area contributed by atoms with E-state index in [1.165, 1.54) is 27.9 Å². The Morgan fingerprint density at radius 3 is 2.00 bits per heavy atom. The van der Waals surface area contributed by atoms with Crippen LogP contribution in [0.3, 0.4) is 0 Å². The second kappa shape index (κ2) is 7.33. The molecular formula is C24H26O2. The van der Waals surface area contributed by atoms with Gasteiger partial charge in [-0.3, -0.25) is 4.79 Å². The Kier molecular flexibility index (Phi) is 5.13. The summed E-state index contributed by atoms with van der Waals surface area (Å²) in [5, 5.41) is 0. The maximum Gasteiger partial charge on any atom is 0.306 e. The first-order valence-corrected chi connectivity index (χ1v) is 9.18. The van der Waals surface area contributed by atoms with Gasteiger partial charge < -0.3 is 4.74 Å². The zero-order valence-electron chi connectivity index (χ0n) is 16.0. The molecule has 1 aliphatic rings. The lowest BCUT2D eigenvalue weighted by Gasteiger charge is -2.30. The van der Waals surface area contributed by atoms with E-state index < -0.39 is 0 Å². The second-order valence-electron chi connectivity index (χ2n) is 7.05. The van der Waals surface area contributed by atoms with Crippen LogP contribution in [0.4, 0.5) is 0 Å². The third-order valence-corrected chi connectivity index (χ3v) is 5.50. The van der Waals surface area contributed by atoms with E-state index in [9.17, 15) is 4.79 Å². The van der Waals surface area contributed by atoms with Crippen LogP contribution < -0.4 is 0 Å². The van der Waals surface area contributed by atoms with Crippen LogP contribution in [0.15, 0.2) is 71.8 Å². The Morgan fingerprint density at radius 1 is 0.923 bits per heavy atom. The van der Waals surface area contributed by atoms with Crippen molar-refractivity contribution in [1.82, 2.24) is 0 Å². The molecule has 134 valence electrons. The summed E-state index contributed by atoms with van der Waals surface area (Å²) in [6.07, 6.45) is 0.352. The lowest BCUT2D eigenvalue weighted by atomic mass is 9.73. The van der Waals surface area contributed by atoms with Crippen LogP contribution in [0.25, 0.3) is 11.1 Å². The fourth-order valence-electron chi connectivity index (χ4n) is 4.01. The number of benzene rings is 2. The predicted octanol–water partition coefficient (Wildman–Crippen LogP) is 5.91. The van der Waals surface area contributed by atoms with Crippen molar-refractivity contribution in [3.63, 3.8) is 0 Å². The van der Waals surface area contributed by atoms with Gasteiger partial charge in [0.05, 0.1) is 13.0 Å². The van der Waals surface area contributed by atoms with Crippen molar-refractivity contribution in [2.24, 2.45) is 5.41 Å². The molecule has 1 aliphatic carbocycles. The molecule has 0 spiro atoms. The number of ether oxygens (including phenoxy) is 1. The highest BCUT2D eigenvalue weighted by molar-refractivity contribution is 6.05. The molecule has 0 radical (unpaired) electrons. The van der Waals surface area contributed by atoms with Gasteiger partial charge in [-0.1, -0.05) is 73.2 Å². The fraction of sp³-hybridized carbons (Fsp3) is 0.292. The lowest BCUT2D eigenvalue weighted by molar-refractivity contribution is -0.144. The smallest absolute Gasteiger partial charge is 0.306 e. The molecule has 0 heterocycles. The average Bonchev–Trinajstić information content (AvgIpc) is 2.84. The zero-order valence-corrected chi connectivity index (χ0v) is 16.0. The zero-order chi connectivity index (χ0) is 18.7. The highest BCUT2D eigenvalue weighted by Gasteiger charge is 2.42. The van der Waals surface area contributed by atoms with Crippen molar-refractivity contribution < 1.29 is 9.53 Å². The Morgan fingerprint density at radius 2 is 1.46 bits per heavy atom. The largest absolute Gasteiger partial charge is 0.466 e. The van der Waals surface area contributed by atoms with Crippen molar-refractivity contribution in [2.45, 2.75) is 34.1 Å². The number of esters is 1. The number of allylic oxidation sites excluding steroid dienone is 4. The molecule has 2 nitrogen and oxygen atoms in total. The van der Waals surface area contributed by atoms with Crippen LogP contribution in [0.1, 0.15) is 45.2 Å². The quantitative estimate of drug-likeness (QED) is 0.629. The van der Waals surface area contributed by atoms with Gasteiger partial charge in [0.1, 0.15) is 0 Å². The van der Waals surface area contributed by atoms with Crippen LogP contribution in [-0.2, 0) is 9.53 Å². The normalized spacial score (nSPS) is 19.8. The Hall–Kier alpha value is -2.61. The highest BCUT2D eigenvalue weighted by atomic mass is 16.5.